The number of hydrogen-bond acceptors (Lipinski definition) is 4. The number of aromatic nitrogens is 1. The molecule has 1 aliphatic heterocycles. The molecule has 90 valence electrons. The molecule has 7 heteroatoms. The van der Waals surface area contributed by atoms with Gasteiger partial charge in [0.05, 0.1) is 5.56 Å². The average Bonchev–Trinajstić information content (AvgIpc) is 2.84. The highest BCUT2D eigenvalue weighted by Gasteiger charge is 2.25. The quantitative estimate of drug-likeness (QED) is 0.858. The molecule has 0 saturated carbocycles. The third-order valence-electron chi connectivity index (χ3n) is 2.53. The van der Waals surface area contributed by atoms with Crippen molar-refractivity contribution >= 4 is 16.0 Å². The van der Waals surface area contributed by atoms with Crippen LogP contribution in [0, 0.1) is 11.3 Å². The SMILES string of the molecule is N#Cc1ccc(NS(=O)(=O)N2CCCC2)nc1. The normalized spacial score (nSPS) is 16.6. The largest absolute Gasteiger partial charge is 0.302 e. The van der Waals surface area contributed by atoms with E-state index in [1.54, 1.807) is 0 Å². The monoisotopic (exact) mass is 252 g/mol. The molecular weight excluding hydrogens is 240 g/mol. The van der Waals surface area contributed by atoms with Crippen LogP contribution in [0.15, 0.2) is 18.3 Å². The number of nitrogens with one attached hydrogen (secondary N) is 1. The summed E-state index contributed by atoms with van der Waals surface area (Å²) in [6.07, 6.45) is 3.12. The van der Waals surface area contributed by atoms with E-state index in [9.17, 15) is 8.42 Å². The Kier molecular flexibility index (Phi) is 3.26. The van der Waals surface area contributed by atoms with E-state index in [0.29, 0.717) is 18.7 Å². The molecule has 0 spiro atoms. The van der Waals surface area contributed by atoms with Crippen molar-refractivity contribution in [1.82, 2.24) is 9.29 Å². The maximum atomic E-state index is 11.9. The standard InChI is InChI=1S/C10H12N4O2S/c11-7-9-3-4-10(12-8-9)13-17(15,16)14-5-1-2-6-14/h3-4,8H,1-2,5-6H2,(H,12,13). The van der Waals surface area contributed by atoms with Gasteiger partial charge in [-0.3, -0.25) is 4.72 Å². The van der Waals surface area contributed by atoms with Crippen molar-refractivity contribution in [3.63, 3.8) is 0 Å². The maximum Gasteiger partial charge on any atom is 0.302 e. The topological polar surface area (TPSA) is 86.1 Å². The van der Waals surface area contributed by atoms with Crippen molar-refractivity contribution in [2.24, 2.45) is 0 Å². The average molecular weight is 252 g/mol. The highest BCUT2D eigenvalue weighted by molar-refractivity contribution is 7.90. The van der Waals surface area contributed by atoms with Gasteiger partial charge in [-0.25, -0.2) is 4.98 Å². The van der Waals surface area contributed by atoms with Crippen LogP contribution in [0.4, 0.5) is 5.82 Å². The minimum atomic E-state index is -3.49. The van der Waals surface area contributed by atoms with Crippen molar-refractivity contribution in [2.45, 2.75) is 12.8 Å². The number of nitriles is 1. The molecule has 1 aromatic rings. The van der Waals surface area contributed by atoms with Crippen LogP contribution in [-0.4, -0.2) is 30.8 Å². The second-order valence-corrected chi connectivity index (χ2v) is 5.43. The fourth-order valence-electron chi connectivity index (χ4n) is 1.65. The van der Waals surface area contributed by atoms with Gasteiger partial charge >= 0.3 is 10.2 Å². The van der Waals surface area contributed by atoms with Gasteiger partial charge in [0.15, 0.2) is 0 Å². The molecule has 1 N–H and O–H groups in total. The maximum absolute atomic E-state index is 11.9. The second kappa shape index (κ2) is 4.69. The lowest BCUT2D eigenvalue weighted by molar-refractivity contribution is 0.482. The number of pyridine rings is 1. The summed E-state index contributed by atoms with van der Waals surface area (Å²) < 4.78 is 27.5. The Hall–Kier alpha value is -1.65. The third kappa shape index (κ3) is 2.72. The number of rotatable bonds is 3. The van der Waals surface area contributed by atoms with Gasteiger partial charge in [-0.2, -0.15) is 18.0 Å². The molecule has 0 aliphatic carbocycles. The van der Waals surface area contributed by atoms with Gasteiger partial charge in [0.2, 0.25) is 0 Å². The Morgan fingerprint density at radius 2 is 2.06 bits per heavy atom. The van der Waals surface area contributed by atoms with Crippen LogP contribution in [0.5, 0.6) is 0 Å². The Labute approximate surface area is 100 Å². The zero-order valence-corrected chi connectivity index (χ0v) is 9.94. The number of nitrogens with zero attached hydrogens (tertiary/aromatic N) is 3. The van der Waals surface area contributed by atoms with E-state index in [1.165, 1.54) is 22.6 Å². The lowest BCUT2D eigenvalue weighted by Crippen LogP contribution is -2.33. The Morgan fingerprint density at radius 3 is 2.59 bits per heavy atom. The molecule has 6 nitrogen and oxygen atoms in total. The van der Waals surface area contributed by atoms with Crippen LogP contribution in [-0.2, 0) is 10.2 Å². The van der Waals surface area contributed by atoms with E-state index in [2.05, 4.69) is 9.71 Å². The minimum absolute atomic E-state index is 0.232. The summed E-state index contributed by atoms with van der Waals surface area (Å²) >= 11 is 0. The fraction of sp³-hybridized carbons (Fsp3) is 0.400. The lowest BCUT2D eigenvalue weighted by atomic mass is 10.3. The number of hydrogen-bond donors (Lipinski definition) is 1. The highest BCUT2D eigenvalue weighted by atomic mass is 32.2. The molecule has 0 amide bonds. The van der Waals surface area contributed by atoms with Gasteiger partial charge in [0.1, 0.15) is 11.9 Å². The van der Waals surface area contributed by atoms with Crippen LogP contribution in [0.1, 0.15) is 18.4 Å². The molecule has 0 atom stereocenters. The summed E-state index contributed by atoms with van der Waals surface area (Å²) in [5.74, 6) is 0.232. The van der Waals surface area contributed by atoms with Gasteiger partial charge < -0.3 is 0 Å². The van der Waals surface area contributed by atoms with Crippen LogP contribution >= 0.6 is 0 Å². The smallest absolute Gasteiger partial charge is 0.254 e. The fourth-order valence-corrected chi connectivity index (χ4v) is 2.90. The zero-order chi connectivity index (χ0) is 12.3. The molecule has 1 fully saturated rings. The van der Waals surface area contributed by atoms with Crippen LogP contribution in [0.3, 0.4) is 0 Å². The van der Waals surface area contributed by atoms with Crippen LogP contribution in [0.2, 0.25) is 0 Å². The molecule has 0 unspecified atom stereocenters. The van der Waals surface area contributed by atoms with E-state index in [0.717, 1.165) is 12.8 Å². The van der Waals surface area contributed by atoms with Crippen LogP contribution in [0.25, 0.3) is 0 Å². The molecule has 1 aromatic heterocycles. The molecule has 2 heterocycles. The molecule has 0 bridgehead atoms. The first-order valence-corrected chi connectivity index (χ1v) is 6.70. The van der Waals surface area contributed by atoms with Crippen LogP contribution < -0.4 is 4.72 Å². The molecule has 17 heavy (non-hydrogen) atoms. The first-order valence-electron chi connectivity index (χ1n) is 5.26. The van der Waals surface area contributed by atoms with E-state index in [4.69, 9.17) is 5.26 Å². The summed E-state index contributed by atoms with van der Waals surface area (Å²) in [4.78, 5) is 3.87. The molecule has 0 radical (unpaired) electrons. The van der Waals surface area contributed by atoms with Gasteiger partial charge in [-0.15, -0.1) is 0 Å². The molecular formula is C10H12N4O2S. The van der Waals surface area contributed by atoms with E-state index < -0.39 is 10.2 Å². The second-order valence-electron chi connectivity index (χ2n) is 3.76. The minimum Gasteiger partial charge on any atom is -0.254 e. The summed E-state index contributed by atoms with van der Waals surface area (Å²) in [6, 6.07) is 4.92. The molecule has 1 saturated heterocycles. The Bertz CT molecular complexity index is 526. The first kappa shape index (κ1) is 11.8. The molecule has 0 aromatic carbocycles. The van der Waals surface area contributed by atoms with E-state index in [1.807, 2.05) is 6.07 Å². The van der Waals surface area contributed by atoms with Crippen molar-refractivity contribution in [1.29, 1.82) is 5.26 Å². The van der Waals surface area contributed by atoms with Crippen molar-refractivity contribution in [3.05, 3.63) is 23.9 Å². The first-order chi connectivity index (χ1) is 8.12. The summed E-state index contributed by atoms with van der Waals surface area (Å²) in [7, 11) is -3.49. The summed E-state index contributed by atoms with van der Waals surface area (Å²) in [5, 5.41) is 8.60. The molecule has 2 rings (SSSR count). The third-order valence-corrected chi connectivity index (χ3v) is 4.04. The van der Waals surface area contributed by atoms with Gasteiger partial charge in [-0.1, -0.05) is 0 Å². The van der Waals surface area contributed by atoms with Gasteiger partial charge in [-0.05, 0) is 25.0 Å². The van der Waals surface area contributed by atoms with E-state index in [-0.39, 0.29) is 5.82 Å². The predicted molar refractivity (Wildman–Crippen MR) is 62.3 cm³/mol. The van der Waals surface area contributed by atoms with E-state index >= 15 is 0 Å². The Morgan fingerprint density at radius 1 is 1.35 bits per heavy atom. The van der Waals surface area contributed by atoms with Crippen molar-refractivity contribution < 1.29 is 8.42 Å². The highest BCUT2D eigenvalue weighted by Crippen LogP contribution is 2.15. The van der Waals surface area contributed by atoms with Crippen molar-refractivity contribution in [3.8, 4) is 6.07 Å². The summed E-state index contributed by atoms with van der Waals surface area (Å²) in [6.45, 7) is 1.09. The lowest BCUT2D eigenvalue weighted by Gasteiger charge is -2.16. The molecule has 1 aliphatic rings. The van der Waals surface area contributed by atoms with Crippen molar-refractivity contribution in [2.75, 3.05) is 17.8 Å². The number of anilines is 1. The predicted octanol–water partition coefficient (Wildman–Crippen LogP) is 0.706. The van der Waals surface area contributed by atoms with Gasteiger partial charge in [0.25, 0.3) is 0 Å². The Balaban J connectivity index is 2.11. The zero-order valence-electron chi connectivity index (χ0n) is 9.13. The summed E-state index contributed by atoms with van der Waals surface area (Å²) in [5.41, 5.74) is 0.397. The van der Waals surface area contributed by atoms with Gasteiger partial charge in [0, 0.05) is 19.3 Å².